The second kappa shape index (κ2) is 32.3. The smallest absolute Gasteiger partial charge is 0.257 e. The lowest BCUT2D eigenvalue weighted by Gasteiger charge is -2.36. The number of hydrogen-bond donors (Lipinski definition) is 5. The number of aromatic nitrogens is 8. The third-order valence-electron chi connectivity index (χ3n) is 17.8. The monoisotopic (exact) mass is 1480 g/mol. The molecule has 3 saturated heterocycles. The van der Waals surface area contributed by atoms with Crippen molar-refractivity contribution in [3.05, 3.63) is 239 Å². The topological polar surface area (TPSA) is 268 Å². The van der Waals surface area contributed by atoms with Gasteiger partial charge in [-0.15, -0.1) is 0 Å². The van der Waals surface area contributed by atoms with Crippen molar-refractivity contribution in [1.82, 2.24) is 54.8 Å². The highest BCUT2D eigenvalue weighted by Crippen LogP contribution is 2.34. The summed E-state index contributed by atoms with van der Waals surface area (Å²) < 4.78 is 33.5. The number of carbonyl (C=O) groups excluding carboxylic acids is 3. The molecule has 8 heterocycles. The number of benzene rings is 7. The number of hydrogen-bond acceptors (Lipinski definition) is 18. The van der Waals surface area contributed by atoms with Crippen molar-refractivity contribution in [2.45, 2.75) is 82.8 Å². The first-order valence-corrected chi connectivity index (χ1v) is 36.9. The van der Waals surface area contributed by atoms with Gasteiger partial charge < -0.3 is 41.1 Å². The Bertz CT molecular complexity index is 5060. The van der Waals surface area contributed by atoms with Crippen LogP contribution < -0.4 is 36.4 Å². The minimum absolute atomic E-state index is 0.0634. The van der Waals surface area contributed by atoms with Gasteiger partial charge in [-0.3, -0.25) is 29.3 Å². The average Bonchev–Trinajstić information content (AvgIpc) is 0.773. The molecule has 0 radical (unpaired) electrons. The molecule has 3 fully saturated rings. The molecule has 22 nitrogen and oxygen atoms in total. The van der Waals surface area contributed by atoms with Gasteiger partial charge in [-0.1, -0.05) is 71.2 Å². The van der Waals surface area contributed by atoms with E-state index in [0.717, 1.165) is 70.9 Å². The van der Waals surface area contributed by atoms with Crippen molar-refractivity contribution in [2.75, 3.05) is 65.0 Å². The number of morpholine rings is 1. The highest BCUT2D eigenvalue weighted by atomic mass is 35.5. The molecule has 15 rings (SSSR count). The minimum Gasteiger partial charge on any atom is -0.372 e. The molecule has 105 heavy (non-hydrogen) atoms. The van der Waals surface area contributed by atoms with Gasteiger partial charge in [0.1, 0.15) is 11.6 Å². The number of anilines is 5. The first-order chi connectivity index (χ1) is 50.6. The van der Waals surface area contributed by atoms with Gasteiger partial charge in [0.05, 0.1) is 112 Å². The molecule has 0 bridgehead atoms. The zero-order valence-corrected chi connectivity index (χ0v) is 61.3. The summed E-state index contributed by atoms with van der Waals surface area (Å²) in [5, 5.41) is 17.1. The highest BCUT2D eigenvalue weighted by Gasteiger charge is 2.32. The maximum absolute atomic E-state index is 13.1. The van der Waals surface area contributed by atoms with E-state index in [1.54, 1.807) is 91.6 Å². The van der Waals surface area contributed by atoms with Gasteiger partial charge in [0.15, 0.2) is 0 Å². The van der Waals surface area contributed by atoms with Crippen LogP contribution in [0.3, 0.4) is 0 Å². The number of pyridine rings is 2. The zero-order valence-electron chi connectivity index (χ0n) is 58.2. The summed E-state index contributed by atoms with van der Waals surface area (Å²) >= 11 is 19.3. The Kier molecular flexibility index (Phi) is 22.4. The SMILES string of the molecule is CC1CN(S(=O)(=O)c2ccc(C(=O)Nc3ccc(Cl)c(-c4cnc5ccccc5n4)c3)cc2)CC(C)N1.CC1CN(c2ccc(C(=O)Nc3ccc(Cl)c(-c4cnc5ccccc5n4)c3)cn2)CC(C)N1.CC1CN(c2ccc(C(=O)Nc3ccc(Cl)c(-c4cnc5ccccc5n4)c3)cn2)CC(C)O1. The molecular weight excluding hydrogens is 1410 g/mol. The van der Waals surface area contributed by atoms with Crippen molar-refractivity contribution in [1.29, 1.82) is 0 Å². The van der Waals surface area contributed by atoms with Gasteiger partial charge in [0.25, 0.3) is 17.7 Å². The summed E-state index contributed by atoms with van der Waals surface area (Å²) in [6, 6.07) is 52.8. The third kappa shape index (κ3) is 17.7. The van der Waals surface area contributed by atoms with Crippen LogP contribution in [-0.2, 0) is 14.8 Å². The fraction of sp³-hybridized carbons (Fsp3) is 0.228. The Labute approximate surface area is 623 Å². The number of amides is 3. The first-order valence-electron chi connectivity index (χ1n) is 34.3. The van der Waals surface area contributed by atoms with E-state index in [4.69, 9.17) is 39.5 Å². The van der Waals surface area contributed by atoms with E-state index in [9.17, 15) is 22.8 Å². The molecule has 3 aliphatic rings. The fourth-order valence-electron chi connectivity index (χ4n) is 13.0. The number of nitrogens with one attached hydrogen (secondary N) is 5. The molecule has 534 valence electrons. The summed E-state index contributed by atoms with van der Waals surface area (Å²) in [6.45, 7) is 16.4. The fourth-order valence-corrected chi connectivity index (χ4v) is 15.2. The van der Waals surface area contributed by atoms with E-state index < -0.39 is 10.0 Å². The molecule has 7 aromatic carbocycles. The van der Waals surface area contributed by atoms with Crippen LogP contribution in [0.15, 0.2) is 212 Å². The zero-order chi connectivity index (χ0) is 73.5. The Balaban J connectivity index is 0.000000140. The van der Waals surface area contributed by atoms with Crippen molar-refractivity contribution in [2.24, 2.45) is 0 Å². The van der Waals surface area contributed by atoms with Crippen molar-refractivity contribution in [3.8, 4) is 33.8 Å². The van der Waals surface area contributed by atoms with Gasteiger partial charge in [-0.2, -0.15) is 4.31 Å². The Morgan fingerprint density at radius 3 is 1.10 bits per heavy atom. The van der Waals surface area contributed by atoms with Crippen LogP contribution in [0.5, 0.6) is 0 Å². The summed E-state index contributed by atoms with van der Waals surface area (Å²) in [6.07, 6.45) is 8.52. The van der Waals surface area contributed by atoms with E-state index in [2.05, 4.69) is 90.1 Å². The first kappa shape index (κ1) is 72.9. The number of para-hydroxylation sites is 6. The van der Waals surface area contributed by atoms with Gasteiger partial charge in [0.2, 0.25) is 10.0 Å². The summed E-state index contributed by atoms with van der Waals surface area (Å²) in [5.74, 6) is 0.855. The van der Waals surface area contributed by atoms with Crippen molar-refractivity contribution >= 4 is 124 Å². The predicted octanol–water partition coefficient (Wildman–Crippen LogP) is 14.6. The molecule has 5 aromatic heterocycles. The number of carbonyl (C=O) groups is 3. The molecule has 26 heteroatoms. The molecule has 6 unspecified atom stereocenters. The lowest BCUT2D eigenvalue weighted by molar-refractivity contribution is -0.00547. The van der Waals surface area contributed by atoms with E-state index >= 15 is 0 Å². The summed E-state index contributed by atoms with van der Waals surface area (Å²) in [7, 11) is -3.65. The molecule has 0 aliphatic carbocycles. The van der Waals surface area contributed by atoms with Crippen molar-refractivity contribution < 1.29 is 27.5 Å². The second-order valence-electron chi connectivity index (χ2n) is 26.3. The highest BCUT2D eigenvalue weighted by molar-refractivity contribution is 7.89. The van der Waals surface area contributed by atoms with Crippen LogP contribution in [0.4, 0.5) is 28.7 Å². The number of halogens is 3. The van der Waals surface area contributed by atoms with Crippen LogP contribution in [0.1, 0.15) is 72.6 Å². The third-order valence-corrected chi connectivity index (χ3v) is 20.6. The maximum atomic E-state index is 13.1. The van der Waals surface area contributed by atoms with E-state index in [0.29, 0.717) is 108 Å². The summed E-state index contributed by atoms with van der Waals surface area (Å²) in [5.41, 5.74) is 11.7. The normalized spacial score (nSPS) is 18.3. The van der Waals surface area contributed by atoms with E-state index in [1.807, 2.05) is 119 Å². The van der Waals surface area contributed by atoms with Gasteiger partial charge in [0, 0.05) is 115 Å². The molecule has 3 amide bonds. The molecule has 5 N–H and O–H groups in total. The second-order valence-corrected chi connectivity index (χ2v) is 29.5. The van der Waals surface area contributed by atoms with Gasteiger partial charge >= 0.3 is 0 Å². The molecule has 0 saturated carbocycles. The minimum atomic E-state index is -3.65. The molecule has 12 aromatic rings. The van der Waals surface area contributed by atoms with E-state index in [-0.39, 0.29) is 46.9 Å². The largest absolute Gasteiger partial charge is 0.372 e. The molecule has 0 spiro atoms. The standard InChI is InChI=1S/C27H26ClN5O3S.C26H25ClN6O.C26H24ClN5O2/c1-17-15-33(16-18(2)30-17)37(35,36)21-10-7-19(8-11-21)27(34)31-20-9-12-23(28)22(13-20)26-14-29-24-5-3-4-6-25(24)32-26;1-16-14-33(15-17(2)30-16)25-10-7-18(12-29-25)26(34)31-19-8-9-21(27)20(11-19)24-13-28-22-5-3-4-6-23(22)32-24;1-16-14-32(15-17(2)34-16)25-10-7-18(12-29-25)26(33)30-19-8-9-21(27)20(11-19)24-13-28-22-5-3-4-6-23(22)31-24/h3-14,17-18,30H,15-16H2,1-2H3,(H,31,34);3-13,16-17,30H,14-15H2,1-2H3,(H,31,34);3-13,16-17H,14-15H2,1-2H3,(H,30,33). The Morgan fingerprint density at radius 2 is 0.733 bits per heavy atom. The predicted molar refractivity (Wildman–Crippen MR) is 416 cm³/mol. The molecule has 6 atom stereocenters. The van der Waals surface area contributed by atoms with Crippen LogP contribution in [-0.4, -0.2) is 146 Å². The van der Waals surface area contributed by atoms with Crippen LogP contribution in [0.2, 0.25) is 15.1 Å². The lowest BCUT2D eigenvalue weighted by atomic mass is 10.1. The number of piperazine rings is 2. The molecule has 3 aliphatic heterocycles. The van der Waals surface area contributed by atoms with Crippen LogP contribution in [0.25, 0.3) is 66.9 Å². The maximum Gasteiger partial charge on any atom is 0.257 e. The number of rotatable bonds is 13. The number of sulfonamides is 1. The van der Waals surface area contributed by atoms with E-state index in [1.165, 1.54) is 28.6 Å². The average molecular weight is 1480 g/mol. The number of fused-ring (bicyclic) bond motifs is 3. The van der Waals surface area contributed by atoms with Gasteiger partial charge in [-0.05, 0) is 181 Å². The van der Waals surface area contributed by atoms with Crippen LogP contribution in [0, 0.1) is 0 Å². The lowest BCUT2D eigenvalue weighted by Crippen LogP contribution is -2.55. The van der Waals surface area contributed by atoms with Crippen LogP contribution >= 0.6 is 34.8 Å². The number of nitrogens with zero attached hydrogens (tertiary/aromatic N) is 11. The Morgan fingerprint density at radius 1 is 0.400 bits per heavy atom. The Hall–Kier alpha value is -10.5. The van der Waals surface area contributed by atoms with Crippen molar-refractivity contribution in [3.63, 3.8) is 0 Å². The summed E-state index contributed by atoms with van der Waals surface area (Å²) in [4.78, 5) is 79.7. The quantitative estimate of drug-likeness (QED) is 0.0718. The van der Waals surface area contributed by atoms with Gasteiger partial charge in [-0.25, -0.2) is 33.3 Å². The number of ether oxygens (including phenoxy) is 1. The molecular formula is C79H75Cl3N16O6S.